The van der Waals surface area contributed by atoms with Gasteiger partial charge in [0.1, 0.15) is 10.7 Å². The molecule has 0 amide bonds. The van der Waals surface area contributed by atoms with Crippen LogP contribution in [0, 0.1) is 5.82 Å². The first-order chi connectivity index (χ1) is 7.77. The van der Waals surface area contributed by atoms with E-state index in [1.54, 1.807) is 13.8 Å². The Morgan fingerprint density at radius 1 is 1.47 bits per heavy atom. The van der Waals surface area contributed by atoms with Crippen LogP contribution in [-0.4, -0.2) is 25.5 Å². The van der Waals surface area contributed by atoms with E-state index in [0.717, 1.165) is 18.5 Å². The first kappa shape index (κ1) is 14.0. The molecule has 0 saturated carbocycles. The molecule has 0 aliphatic heterocycles. The normalized spacial score (nSPS) is 12.7. The van der Waals surface area contributed by atoms with Gasteiger partial charge in [0.05, 0.1) is 6.20 Å². The fraction of sp³-hybridized carbons (Fsp3) is 0.500. The van der Waals surface area contributed by atoms with Crippen molar-refractivity contribution in [3.05, 3.63) is 24.3 Å². The smallest absolute Gasteiger partial charge is 0.242 e. The molecular weight excluding hydrogens is 245 g/mol. The van der Waals surface area contributed by atoms with E-state index >= 15 is 0 Å². The zero-order valence-electron chi connectivity index (χ0n) is 9.77. The highest BCUT2D eigenvalue weighted by Gasteiger charge is 2.25. The van der Waals surface area contributed by atoms with Crippen LogP contribution in [0.1, 0.15) is 20.3 Å². The summed E-state index contributed by atoms with van der Waals surface area (Å²) in [6.45, 7) is 3.78. The van der Waals surface area contributed by atoms with Crippen molar-refractivity contribution in [1.82, 2.24) is 9.71 Å². The standard InChI is InChI=1S/C10H16FN3O2S/c1-10(2,3-4-12)14-17(15,16)9-5-8(11)6-13-7-9/h5-7,14H,3-4,12H2,1-2H3. The molecule has 7 heteroatoms. The highest BCUT2D eigenvalue weighted by atomic mass is 32.2. The molecule has 96 valence electrons. The molecule has 0 radical (unpaired) electrons. The van der Waals surface area contributed by atoms with Crippen molar-refractivity contribution in [3.63, 3.8) is 0 Å². The Balaban J connectivity index is 2.97. The van der Waals surface area contributed by atoms with Gasteiger partial charge in [-0.3, -0.25) is 4.98 Å². The summed E-state index contributed by atoms with van der Waals surface area (Å²) in [5, 5.41) is 0. The van der Waals surface area contributed by atoms with Crippen molar-refractivity contribution >= 4 is 10.0 Å². The SMILES string of the molecule is CC(C)(CCN)NS(=O)(=O)c1cncc(F)c1. The third-order valence-electron chi connectivity index (χ3n) is 2.17. The van der Waals surface area contributed by atoms with Gasteiger partial charge in [-0.2, -0.15) is 0 Å². The molecule has 3 N–H and O–H groups in total. The maximum Gasteiger partial charge on any atom is 0.242 e. The van der Waals surface area contributed by atoms with Crippen LogP contribution in [0.5, 0.6) is 0 Å². The number of rotatable bonds is 5. The molecule has 17 heavy (non-hydrogen) atoms. The maximum atomic E-state index is 12.9. The fourth-order valence-electron chi connectivity index (χ4n) is 1.37. The minimum Gasteiger partial charge on any atom is -0.330 e. The van der Waals surface area contributed by atoms with E-state index in [-0.39, 0.29) is 4.90 Å². The van der Waals surface area contributed by atoms with E-state index in [4.69, 9.17) is 5.73 Å². The van der Waals surface area contributed by atoms with Gasteiger partial charge in [-0.15, -0.1) is 0 Å². The molecule has 0 atom stereocenters. The average molecular weight is 261 g/mol. The van der Waals surface area contributed by atoms with E-state index in [0.29, 0.717) is 13.0 Å². The number of aromatic nitrogens is 1. The molecule has 1 aromatic rings. The second-order valence-corrected chi connectivity index (χ2v) is 6.05. The van der Waals surface area contributed by atoms with Crippen LogP contribution < -0.4 is 10.5 Å². The van der Waals surface area contributed by atoms with Gasteiger partial charge in [0.25, 0.3) is 0 Å². The number of halogens is 1. The van der Waals surface area contributed by atoms with Gasteiger partial charge >= 0.3 is 0 Å². The predicted molar refractivity (Wildman–Crippen MR) is 62.3 cm³/mol. The van der Waals surface area contributed by atoms with Crippen LogP contribution in [0.25, 0.3) is 0 Å². The monoisotopic (exact) mass is 261 g/mol. The summed E-state index contributed by atoms with van der Waals surface area (Å²) in [5.41, 5.74) is 4.71. The Bertz CT molecular complexity index is 488. The number of hydrogen-bond donors (Lipinski definition) is 2. The number of pyridine rings is 1. The van der Waals surface area contributed by atoms with Gasteiger partial charge < -0.3 is 5.73 Å². The molecule has 0 bridgehead atoms. The lowest BCUT2D eigenvalue weighted by Gasteiger charge is -2.25. The Morgan fingerprint density at radius 2 is 2.12 bits per heavy atom. The number of nitrogens with zero attached hydrogens (tertiary/aromatic N) is 1. The first-order valence-electron chi connectivity index (χ1n) is 5.11. The second-order valence-electron chi connectivity index (χ2n) is 4.37. The number of nitrogens with two attached hydrogens (primary N) is 1. The van der Waals surface area contributed by atoms with Gasteiger partial charge in [-0.25, -0.2) is 17.5 Å². The van der Waals surface area contributed by atoms with E-state index in [1.165, 1.54) is 0 Å². The summed E-state index contributed by atoms with van der Waals surface area (Å²) >= 11 is 0. The van der Waals surface area contributed by atoms with Crippen molar-refractivity contribution in [3.8, 4) is 0 Å². The molecule has 0 fully saturated rings. The Morgan fingerprint density at radius 3 is 2.65 bits per heavy atom. The Kier molecular flexibility index (Phi) is 4.18. The summed E-state index contributed by atoms with van der Waals surface area (Å²) in [6, 6.07) is 0.924. The Labute approximate surface area is 100 Å². The molecule has 1 aromatic heterocycles. The van der Waals surface area contributed by atoms with Crippen molar-refractivity contribution < 1.29 is 12.8 Å². The van der Waals surface area contributed by atoms with Crippen molar-refractivity contribution in [2.24, 2.45) is 5.73 Å². The summed E-state index contributed by atoms with van der Waals surface area (Å²) in [4.78, 5) is 3.32. The third kappa shape index (κ3) is 4.03. The summed E-state index contributed by atoms with van der Waals surface area (Å²) in [5.74, 6) is -0.690. The number of hydrogen-bond acceptors (Lipinski definition) is 4. The number of sulfonamides is 1. The molecular formula is C10H16FN3O2S. The highest BCUT2D eigenvalue weighted by molar-refractivity contribution is 7.89. The average Bonchev–Trinajstić information content (AvgIpc) is 2.15. The molecule has 0 aromatic carbocycles. The quantitative estimate of drug-likeness (QED) is 0.814. The van der Waals surface area contributed by atoms with Gasteiger partial charge in [0.15, 0.2) is 0 Å². The van der Waals surface area contributed by atoms with Gasteiger partial charge in [-0.05, 0) is 32.9 Å². The number of nitrogens with one attached hydrogen (secondary N) is 1. The van der Waals surface area contributed by atoms with Crippen LogP contribution in [-0.2, 0) is 10.0 Å². The molecule has 1 rings (SSSR count). The van der Waals surface area contributed by atoms with Crippen LogP contribution in [0.2, 0.25) is 0 Å². The largest absolute Gasteiger partial charge is 0.330 e. The first-order valence-corrected chi connectivity index (χ1v) is 6.60. The second kappa shape index (κ2) is 5.07. The van der Waals surface area contributed by atoms with Crippen LogP contribution in [0.4, 0.5) is 4.39 Å². The molecule has 0 spiro atoms. The third-order valence-corrected chi connectivity index (χ3v) is 3.84. The van der Waals surface area contributed by atoms with Crippen molar-refractivity contribution in [2.45, 2.75) is 30.7 Å². The van der Waals surface area contributed by atoms with Crippen LogP contribution in [0.15, 0.2) is 23.4 Å². The van der Waals surface area contributed by atoms with E-state index in [2.05, 4.69) is 9.71 Å². The summed E-state index contributed by atoms with van der Waals surface area (Å²) < 4.78 is 39.2. The maximum absolute atomic E-state index is 12.9. The minimum absolute atomic E-state index is 0.192. The fourth-order valence-corrected chi connectivity index (χ4v) is 2.79. The van der Waals surface area contributed by atoms with Crippen molar-refractivity contribution in [1.29, 1.82) is 0 Å². The van der Waals surface area contributed by atoms with Gasteiger partial charge in [-0.1, -0.05) is 0 Å². The molecule has 0 saturated heterocycles. The zero-order valence-corrected chi connectivity index (χ0v) is 10.6. The summed E-state index contributed by atoms with van der Waals surface area (Å²) in [7, 11) is -3.77. The lowest BCUT2D eigenvalue weighted by molar-refractivity contribution is 0.427. The predicted octanol–water partition coefficient (Wildman–Crippen LogP) is 0.626. The van der Waals surface area contributed by atoms with Crippen molar-refractivity contribution in [2.75, 3.05) is 6.54 Å². The molecule has 0 aliphatic rings. The molecule has 0 unspecified atom stereocenters. The minimum atomic E-state index is -3.77. The summed E-state index contributed by atoms with van der Waals surface area (Å²) in [6.07, 6.45) is 2.53. The zero-order chi connectivity index (χ0) is 13.1. The Hall–Kier alpha value is -1.05. The van der Waals surface area contributed by atoms with Gasteiger partial charge in [0, 0.05) is 11.7 Å². The highest BCUT2D eigenvalue weighted by Crippen LogP contribution is 2.15. The lowest BCUT2D eigenvalue weighted by Crippen LogP contribution is -2.44. The lowest BCUT2D eigenvalue weighted by atomic mass is 10.0. The molecule has 5 nitrogen and oxygen atoms in total. The van der Waals surface area contributed by atoms with E-state index < -0.39 is 21.4 Å². The topological polar surface area (TPSA) is 85.1 Å². The molecule has 0 aliphatic carbocycles. The van der Waals surface area contributed by atoms with E-state index in [9.17, 15) is 12.8 Å². The van der Waals surface area contributed by atoms with Gasteiger partial charge in [0.2, 0.25) is 10.0 Å². The van der Waals surface area contributed by atoms with E-state index in [1.807, 2.05) is 0 Å². The molecule has 1 heterocycles. The van der Waals surface area contributed by atoms with Crippen LogP contribution in [0.3, 0.4) is 0 Å². The van der Waals surface area contributed by atoms with Crippen LogP contribution >= 0.6 is 0 Å².